The molecular formula is C15H22FNOS. The van der Waals surface area contributed by atoms with Gasteiger partial charge in [0.25, 0.3) is 0 Å². The van der Waals surface area contributed by atoms with Gasteiger partial charge in [0.05, 0.1) is 12.1 Å². The lowest BCUT2D eigenvalue weighted by Crippen LogP contribution is -2.31. The summed E-state index contributed by atoms with van der Waals surface area (Å²) in [5, 5.41) is 0.761. The molecular weight excluding hydrogens is 261 g/mol. The van der Waals surface area contributed by atoms with E-state index in [1.165, 1.54) is 30.6 Å². The zero-order valence-corrected chi connectivity index (χ0v) is 12.2. The molecule has 0 spiro atoms. The van der Waals surface area contributed by atoms with E-state index >= 15 is 0 Å². The normalized spacial score (nSPS) is 19.5. The molecule has 0 bridgehead atoms. The number of thioether (sulfide) groups is 1. The van der Waals surface area contributed by atoms with E-state index < -0.39 is 12.7 Å². The first-order valence-electron chi connectivity index (χ1n) is 6.85. The number of hydrogen-bond acceptors (Lipinski definition) is 3. The van der Waals surface area contributed by atoms with Gasteiger partial charge in [-0.1, -0.05) is 25.0 Å². The molecule has 0 aromatic heterocycles. The second-order valence-electron chi connectivity index (χ2n) is 5.07. The van der Waals surface area contributed by atoms with Gasteiger partial charge in [0.1, 0.15) is 6.67 Å². The molecule has 2 atom stereocenters. The van der Waals surface area contributed by atoms with Gasteiger partial charge in [-0.05, 0) is 30.5 Å². The molecule has 0 amide bonds. The largest absolute Gasteiger partial charge is 0.375 e. The molecule has 0 saturated heterocycles. The minimum absolute atomic E-state index is 0.365. The number of alkyl halides is 1. The highest BCUT2D eigenvalue weighted by Gasteiger charge is 2.20. The Morgan fingerprint density at radius 3 is 2.47 bits per heavy atom. The van der Waals surface area contributed by atoms with Crippen LogP contribution in [0.1, 0.15) is 37.4 Å². The van der Waals surface area contributed by atoms with Crippen LogP contribution in [0.25, 0.3) is 0 Å². The molecule has 1 aromatic rings. The molecule has 0 heterocycles. The maximum Gasteiger partial charge on any atom is 0.107 e. The summed E-state index contributed by atoms with van der Waals surface area (Å²) in [6, 6.07) is 7.59. The first-order valence-corrected chi connectivity index (χ1v) is 7.73. The van der Waals surface area contributed by atoms with Crippen LogP contribution in [0.5, 0.6) is 0 Å². The van der Waals surface area contributed by atoms with E-state index in [1.54, 1.807) is 7.11 Å². The third-order valence-corrected chi connectivity index (χ3v) is 4.98. The summed E-state index contributed by atoms with van der Waals surface area (Å²) in [4.78, 5) is 1.28. The Balaban J connectivity index is 2.00. The highest BCUT2D eigenvalue weighted by molar-refractivity contribution is 8.00. The number of methoxy groups -OCH3 is 1. The molecule has 19 heavy (non-hydrogen) atoms. The van der Waals surface area contributed by atoms with E-state index in [9.17, 15) is 4.39 Å². The van der Waals surface area contributed by atoms with E-state index in [-0.39, 0.29) is 6.10 Å². The Morgan fingerprint density at radius 1 is 1.32 bits per heavy atom. The van der Waals surface area contributed by atoms with Crippen molar-refractivity contribution in [2.75, 3.05) is 13.8 Å². The van der Waals surface area contributed by atoms with Crippen LogP contribution in [0.15, 0.2) is 29.2 Å². The number of ether oxygens (including phenoxy) is 1. The molecule has 0 aliphatic heterocycles. The van der Waals surface area contributed by atoms with Crippen molar-refractivity contribution in [3.05, 3.63) is 29.8 Å². The van der Waals surface area contributed by atoms with Gasteiger partial charge in [-0.2, -0.15) is 0 Å². The first-order chi connectivity index (χ1) is 9.24. The van der Waals surface area contributed by atoms with Gasteiger partial charge in [-0.15, -0.1) is 11.8 Å². The van der Waals surface area contributed by atoms with Gasteiger partial charge in [-0.25, -0.2) is 4.39 Å². The Bertz CT molecular complexity index is 378. The zero-order valence-electron chi connectivity index (χ0n) is 11.3. The SMILES string of the molecule is CO[C@H](c1ccc(SC2CCCC2)cc1)[C@H](N)CF. The lowest BCUT2D eigenvalue weighted by Gasteiger charge is -2.21. The summed E-state index contributed by atoms with van der Waals surface area (Å²) in [5.74, 6) is 0. The average Bonchev–Trinajstić information content (AvgIpc) is 2.94. The highest BCUT2D eigenvalue weighted by atomic mass is 32.2. The van der Waals surface area contributed by atoms with Crippen LogP contribution in [-0.2, 0) is 4.74 Å². The summed E-state index contributed by atoms with van der Waals surface area (Å²) in [6.45, 7) is -0.572. The van der Waals surface area contributed by atoms with E-state index in [1.807, 2.05) is 23.9 Å². The molecule has 1 saturated carbocycles. The molecule has 4 heteroatoms. The highest BCUT2D eigenvalue weighted by Crippen LogP contribution is 2.35. The standard InChI is InChI=1S/C15H22FNOS/c1-18-15(14(17)10-16)11-6-8-13(9-7-11)19-12-4-2-3-5-12/h6-9,12,14-15H,2-5,10,17H2,1H3/t14-,15-/m1/s1. The molecule has 2 rings (SSSR count). The molecule has 2 N–H and O–H groups in total. The Kier molecular flexibility index (Phi) is 5.67. The summed E-state index contributed by atoms with van der Waals surface area (Å²) < 4.78 is 17.9. The fourth-order valence-electron chi connectivity index (χ4n) is 2.57. The third kappa shape index (κ3) is 3.94. The van der Waals surface area contributed by atoms with Crippen molar-refractivity contribution in [3.63, 3.8) is 0 Å². The predicted octanol–water partition coefficient (Wildman–Crippen LogP) is 3.71. The molecule has 1 aliphatic carbocycles. The van der Waals surface area contributed by atoms with E-state index in [0.29, 0.717) is 0 Å². The molecule has 0 unspecified atom stereocenters. The lowest BCUT2D eigenvalue weighted by atomic mass is 10.0. The second-order valence-corrected chi connectivity index (χ2v) is 6.44. The fourth-order valence-corrected chi connectivity index (χ4v) is 3.82. The zero-order chi connectivity index (χ0) is 13.7. The van der Waals surface area contributed by atoms with Crippen molar-refractivity contribution in [1.82, 2.24) is 0 Å². The topological polar surface area (TPSA) is 35.2 Å². The monoisotopic (exact) mass is 283 g/mol. The molecule has 0 radical (unpaired) electrons. The minimum atomic E-state index is -0.599. The molecule has 1 aliphatic rings. The van der Waals surface area contributed by atoms with Gasteiger partial charge < -0.3 is 10.5 Å². The number of nitrogens with two attached hydrogens (primary N) is 1. The predicted molar refractivity (Wildman–Crippen MR) is 78.3 cm³/mol. The number of rotatable bonds is 6. The third-order valence-electron chi connectivity index (χ3n) is 3.63. The molecule has 2 nitrogen and oxygen atoms in total. The summed E-state index contributed by atoms with van der Waals surface area (Å²) >= 11 is 1.95. The number of halogens is 1. The van der Waals surface area contributed by atoms with Gasteiger partial charge in [0.2, 0.25) is 0 Å². The van der Waals surface area contributed by atoms with Gasteiger partial charge >= 0.3 is 0 Å². The second kappa shape index (κ2) is 7.27. The van der Waals surface area contributed by atoms with E-state index in [0.717, 1.165) is 10.8 Å². The van der Waals surface area contributed by atoms with Crippen molar-refractivity contribution < 1.29 is 9.13 Å². The van der Waals surface area contributed by atoms with Crippen molar-refractivity contribution in [1.29, 1.82) is 0 Å². The first kappa shape index (κ1) is 14.8. The molecule has 106 valence electrons. The Hall–Kier alpha value is -0.580. The van der Waals surface area contributed by atoms with Gasteiger partial charge in [-0.3, -0.25) is 0 Å². The average molecular weight is 283 g/mol. The Morgan fingerprint density at radius 2 is 1.95 bits per heavy atom. The van der Waals surface area contributed by atoms with Crippen LogP contribution < -0.4 is 5.73 Å². The van der Waals surface area contributed by atoms with Crippen molar-refractivity contribution in [2.45, 2.75) is 48.0 Å². The Labute approximate surface area is 118 Å². The van der Waals surface area contributed by atoms with Gasteiger partial charge in [0, 0.05) is 17.3 Å². The minimum Gasteiger partial charge on any atom is -0.375 e. The summed E-state index contributed by atoms with van der Waals surface area (Å²) in [7, 11) is 1.57. The lowest BCUT2D eigenvalue weighted by molar-refractivity contribution is 0.0720. The van der Waals surface area contributed by atoms with Crippen LogP contribution in [-0.4, -0.2) is 25.1 Å². The van der Waals surface area contributed by atoms with Gasteiger partial charge in [0.15, 0.2) is 0 Å². The van der Waals surface area contributed by atoms with Crippen molar-refractivity contribution >= 4 is 11.8 Å². The maximum absolute atomic E-state index is 12.7. The van der Waals surface area contributed by atoms with Crippen LogP contribution in [0, 0.1) is 0 Å². The summed E-state index contributed by atoms with van der Waals surface area (Å²) in [6.07, 6.45) is 4.98. The van der Waals surface area contributed by atoms with Crippen LogP contribution in [0.4, 0.5) is 4.39 Å². The van der Waals surface area contributed by atoms with E-state index in [4.69, 9.17) is 10.5 Å². The maximum atomic E-state index is 12.7. The van der Waals surface area contributed by atoms with Crippen LogP contribution >= 0.6 is 11.8 Å². The fraction of sp³-hybridized carbons (Fsp3) is 0.600. The van der Waals surface area contributed by atoms with Crippen LogP contribution in [0.2, 0.25) is 0 Å². The van der Waals surface area contributed by atoms with E-state index in [2.05, 4.69) is 12.1 Å². The van der Waals surface area contributed by atoms with Crippen molar-refractivity contribution in [2.24, 2.45) is 5.73 Å². The number of hydrogen-bond donors (Lipinski definition) is 1. The molecule has 1 fully saturated rings. The quantitative estimate of drug-likeness (QED) is 0.864. The van der Waals surface area contributed by atoms with Crippen molar-refractivity contribution in [3.8, 4) is 0 Å². The summed E-state index contributed by atoms with van der Waals surface area (Å²) in [5.41, 5.74) is 6.67. The number of benzene rings is 1. The smallest absolute Gasteiger partial charge is 0.107 e. The van der Waals surface area contributed by atoms with Crippen LogP contribution in [0.3, 0.4) is 0 Å². The molecule has 1 aromatic carbocycles.